The molecule has 0 saturated heterocycles. The fourth-order valence-electron chi connectivity index (χ4n) is 2.48. The molecule has 0 heterocycles. The molecule has 0 amide bonds. The zero-order chi connectivity index (χ0) is 11.7. The maximum Gasteiger partial charge on any atom is 0.0566 e. The van der Waals surface area contributed by atoms with Crippen LogP contribution < -0.4 is 0 Å². The minimum absolute atomic E-state index is 1.08. The van der Waals surface area contributed by atoms with Gasteiger partial charge in [-0.2, -0.15) is 0 Å². The molecule has 0 bridgehead atoms. The molecule has 3 rings (SSSR count). The molecule has 0 saturated carbocycles. The first-order chi connectivity index (χ1) is 8.40. The highest BCUT2D eigenvalue weighted by atomic mass is 14.2. The van der Waals surface area contributed by atoms with Crippen molar-refractivity contribution in [1.82, 2.24) is 0 Å². The molecule has 0 unspecified atom stereocenters. The first kappa shape index (κ1) is 10.3. The highest BCUT2D eigenvalue weighted by Gasteiger charge is 2.20. The van der Waals surface area contributed by atoms with E-state index in [2.05, 4.69) is 67.6 Å². The summed E-state index contributed by atoms with van der Waals surface area (Å²) in [6, 6.07) is 17.3. The molecule has 1 radical (unpaired) electrons. The van der Waals surface area contributed by atoms with E-state index in [4.69, 9.17) is 0 Å². The maximum atomic E-state index is 2.24. The number of hydrogen-bond donors (Lipinski definition) is 0. The molecule has 0 N–H and O–H groups in total. The van der Waals surface area contributed by atoms with E-state index >= 15 is 0 Å². The number of hydrogen-bond acceptors (Lipinski definition) is 0. The van der Waals surface area contributed by atoms with E-state index in [9.17, 15) is 0 Å². The Kier molecular flexibility index (Phi) is 2.56. The Balaban J connectivity index is 2.10. The zero-order valence-corrected chi connectivity index (χ0v) is 9.98. The van der Waals surface area contributed by atoms with Crippen LogP contribution in [0.4, 0.5) is 0 Å². The number of aryl methyl sites for hydroxylation is 1. The average Bonchev–Trinajstić information content (AvgIpc) is 2.82. The minimum Gasteiger partial charge on any atom is -0.0674 e. The predicted molar refractivity (Wildman–Crippen MR) is 72.7 cm³/mol. The van der Waals surface area contributed by atoms with Crippen molar-refractivity contribution in [3.8, 4) is 0 Å². The van der Waals surface area contributed by atoms with Crippen LogP contribution in [0.2, 0.25) is 0 Å². The van der Waals surface area contributed by atoms with Crippen molar-refractivity contribution in [2.75, 3.05) is 0 Å². The lowest BCUT2D eigenvalue weighted by atomic mass is 9.89. The fourth-order valence-corrected chi connectivity index (χ4v) is 2.48. The summed E-state index contributed by atoms with van der Waals surface area (Å²) in [6.07, 6.45) is 5.52. The van der Waals surface area contributed by atoms with Crippen molar-refractivity contribution < 1.29 is 0 Å². The predicted octanol–water partition coefficient (Wildman–Crippen LogP) is 4.25. The zero-order valence-electron chi connectivity index (χ0n) is 9.98. The second-order valence-corrected chi connectivity index (χ2v) is 4.34. The van der Waals surface area contributed by atoms with E-state index in [0.717, 1.165) is 6.42 Å². The van der Waals surface area contributed by atoms with Crippen LogP contribution >= 0.6 is 0 Å². The molecule has 1 aliphatic rings. The van der Waals surface area contributed by atoms with Crippen molar-refractivity contribution in [2.45, 2.75) is 13.3 Å². The van der Waals surface area contributed by atoms with Crippen molar-refractivity contribution >= 4 is 6.08 Å². The fraction of sp³-hybridized carbons (Fsp3) is 0.118. The molecule has 0 atom stereocenters. The number of benzene rings is 2. The summed E-state index contributed by atoms with van der Waals surface area (Å²) in [5.74, 6) is 1.36. The monoisotopic (exact) mass is 219 g/mol. The maximum absolute atomic E-state index is 2.24. The van der Waals surface area contributed by atoms with Gasteiger partial charge in [-0.15, -0.1) is 0 Å². The van der Waals surface area contributed by atoms with Crippen LogP contribution in [-0.4, -0.2) is 0 Å². The van der Waals surface area contributed by atoms with Crippen LogP contribution in [0.3, 0.4) is 0 Å². The summed E-state index contributed by atoms with van der Waals surface area (Å²) >= 11 is 0. The molecular formula is C17H15. The Morgan fingerprint density at radius 1 is 0.765 bits per heavy atom. The van der Waals surface area contributed by atoms with Crippen LogP contribution in [0.5, 0.6) is 0 Å². The Morgan fingerprint density at radius 3 is 2.29 bits per heavy atom. The van der Waals surface area contributed by atoms with Gasteiger partial charge in [-0.25, -0.2) is 0 Å². The van der Waals surface area contributed by atoms with Gasteiger partial charge in [0.15, 0.2) is 0 Å². The van der Waals surface area contributed by atoms with Crippen molar-refractivity contribution in [1.29, 1.82) is 0 Å². The summed E-state index contributed by atoms with van der Waals surface area (Å²) in [4.78, 5) is 0. The summed E-state index contributed by atoms with van der Waals surface area (Å²) < 4.78 is 0. The lowest BCUT2D eigenvalue weighted by Gasteiger charge is -2.14. The van der Waals surface area contributed by atoms with Gasteiger partial charge >= 0.3 is 0 Å². The Morgan fingerprint density at radius 2 is 1.47 bits per heavy atom. The quantitative estimate of drug-likeness (QED) is 0.708. The molecule has 0 nitrogen and oxygen atoms in total. The molecular weight excluding hydrogens is 204 g/mol. The number of rotatable bonds is 2. The lowest BCUT2D eigenvalue weighted by molar-refractivity contribution is 1.10. The van der Waals surface area contributed by atoms with E-state index in [1.54, 1.807) is 0 Å². The average molecular weight is 219 g/mol. The van der Waals surface area contributed by atoms with Gasteiger partial charge in [0.2, 0.25) is 0 Å². The van der Waals surface area contributed by atoms with Crippen LogP contribution in [0.15, 0.2) is 54.6 Å². The van der Waals surface area contributed by atoms with Crippen LogP contribution in [0, 0.1) is 5.92 Å². The highest BCUT2D eigenvalue weighted by Crippen LogP contribution is 2.35. The van der Waals surface area contributed by atoms with Gasteiger partial charge in [0.25, 0.3) is 0 Å². The SMILES string of the molecule is CCc1ccccc1[C]1C=Cc2ccccc21. The Hall–Kier alpha value is -1.82. The van der Waals surface area contributed by atoms with Gasteiger partial charge in [-0.1, -0.05) is 67.6 Å². The summed E-state index contributed by atoms with van der Waals surface area (Å²) in [5, 5.41) is 0. The second-order valence-electron chi connectivity index (χ2n) is 4.34. The Labute approximate surface area is 103 Å². The topological polar surface area (TPSA) is 0 Å². The molecule has 0 aliphatic heterocycles. The van der Waals surface area contributed by atoms with Crippen molar-refractivity contribution in [3.63, 3.8) is 0 Å². The number of fused-ring (bicyclic) bond motifs is 1. The van der Waals surface area contributed by atoms with Gasteiger partial charge in [0.1, 0.15) is 0 Å². The molecule has 0 aromatic heterocycles. The third kappa shape index (κ3) is 1.70. The van der Waals surface area contributed by atoms with Gasteiger partial charge in [-0.3, -0.25) is 0 Å². The largest absolute Gasteiger partial charge is 0.0674 e. The molecule has 17 heavy (non-hydrogen) atoms. The van der Waals surface area contributed by atoms with Crippen LogP contribution in [-0.2, 0) is 6.42 Å². The molecule has 0 heteroatoms. The normalized spacial score (nSPS) is 13.9. The first-order valence-electron chi connectivity index (χ1n) is 6.13. The molecule has 83 valence electrons. The van der Waals surface area contributed by atoms with Crippen LogP contribution in [0.25, 0.3) is 6.08 Å². The van der Waals surface area contributed by atoms with E-state index < -0.39 is 0 Å². The summed E-state index contributed by atoms with van der Waals surface area (Å²) in [6.45, 7) is 2.21. The lowest BCUT2D eigenvalue weighted by Crippen LogP contribution is -2.00. The Bertz CT molecular complexity index is 564. The third-order valence-corrected chi connectivity index (χ3v) is 3.37. The summed E-state index contributed by atoms with van der Waals surface area (Å²) in [7, 11) is 0. The van der Waals surface area contributed by atoms with Gasteiger partial charge in [0.05, 0.1) is 5.92 Å². The number of allylic oxidation sites excluding steroid dienone is 1. The van der Waals surface area contributed by atoms with E-state index in [-0.39, 0.29) is 0 Å². The summed E-state index contributed by atoms with van der Waals surface area (Å²) in [5.41, 5.74) is 5.47. The highest BCUT2D eigenvalue weighted by molar-refractivity contribution is 5.73. The molecule has 2 aromatic carbocycles. The van der Waals surface area contributed by atoms with Gasteiger partial charge < -0.3 is 0 Å². The van der Waals surface area contributed by atoms with Crippen molar-refractivity contribution in [3.05, 3.63) is 82.8 Å². The van der Waals surface area contributed by atoms with Gasteiger partial charge in [0, 0.05) is 0 Å². The van der Waals surface area contributed by atoms with E-state index in [1.807, 2.05) is 0 Å². The van der Waals surface area contributed by atoms with E-state index in [1.165, 1.54) is 28.2 Å². The smallest absolute Gasteiger partial charge is 0.0566 e. The molecule has 0 spiro atoms. The van der Waals surface area contributed by atoms with Gasteiger partial charge in [-0.05, 0) is 28.7 Å². The standard InChI is InChI=1S/C17H15/c1-2-13-7-3-5-9-15(13)17-12-11-14-8-4-6-10-16(14)17/h3-12H,2H2,1H3. The second kappa shape index (κ2) is 4.21. The minimum atomic E-state index is 1.08. The molecule has 2 aromatic rings. The molecule has 0 fully saturated rings. The van der Waals surface area contributed by atoms with E-state index in [0.29, 0.717) is 0 Å². The first-order valence-corrected chi connectivity index (χ1v) is 6.13. The third-order valence-electron chi connectivity index (χ3n) is 3.37. The molecule has 1 aliphatic carbocycles. The van der Waals surface area contributed by atoms with Crippen LogP contribution in [0.1, 0.15) is 29.2 Å². The van der Waals surface area contributed by atoms with Crippen molar-refractivity contribution in [2.24, 2.45) is 0 Å².